The van der Waals surface area contributed by atoms with Crippen LogP contribution in [-0.4, -0.2) is 30.1 Å². The number of hydrogen-bond acceptors (Lipinski definition) is 4. The molecular formula is C32H34F3NO5. The number of allylic oxidation sites excluding steroid dienone is 1. The molecule has 4 rings (SSSR count). The third kappa shape index (κ3) is 7.39. The average Bonchev–Trinajstić information content (AvgIpc) is 2.92. The van der Waals surface area contributed by atoms with E-state index in [4.69, 9.17) is 9.47 Å². The predicted octanol–water partition coefficient (Wildman–Crippen LogP) is 7.40. The lowest BCUT2D eigenvalue weighted by Crippen LogP contribution is -2.41. The molecule has 1 saturated carbocycles. The summed E-state index contributed by atoms with van der Waals surface area (Å²) in [5.41, 5.74) is 0.980. The molecule has 1 aliphatic carbocycles. The predicted molar refractivity (Wildman–Crippen MR) is 150 cm³/mol. The highest BCUT2D eigenvalue weighted by Gasteiger charge is 2.30. The van der Waals surface area contributed by atoms with Gasteiger partial charge in [-0.15, -0.1) is 0 Å². The van der Waals surface area contributed by atoms with E-state index in [2.05, 4.69) is 18.8 Å². The quantitative estimate of drug-likeness (QED) is 0.249. The minimum Gasteiger partial charge on any atom is -0.496 e. The SMILES string of the molecule is C=C1CC(C)CC(CC[C@H](NC(=O)c2ccc3c(OC)cccc3c2OCc2ccc(C(F)(F)F)cc2)C(=O)O)C1. The molecule has 218 valence electrons. The van der Waals surface area contributed by atoms with Gasteiger partial charge in [0.25, 0.3) is 5.91 Å². The van der Waals surface area contributed by atoms with Crippen LogP contribution in [0, 0.1) is 11.8 Å². The van der Waals surface area contributed by atoms with E-state index in [1.165, 1.54) is 30.9 Å². The summed E-state index contributed by atoms with van der Waals surface area (Å²) in [6, 6.07) is 11.9. The Morgan fingerprint density at radius 3 is 2.44 bits per heavy atom. The van der Waals surface area contributed by atoms with E-state index >= 15 is 0 Å². The van der Waals surface area contributed by atoms with Crippen LogP contribution in [-0.2, 0) is 17.6 Å². The molecule has 41 heavy (non-hydrogen) atoms. The fraction of sp³-hybridized carbons (Fsp3) is 0.375. The van der Waals surface area contributed by atoms with Gasteiger partial charge in [0.15, 0.2) is 0 Å². The molecule has 0 spiro atoms. The first-order valence-corrected chi connectivity index (χ1v) is 13.5. The van der Waals surface area contributed by atoms with Gasteiger partial charge in [0.1, 0.15) is 24.1 Å². The standard InChI is InChI=1S/C32H34F3NO5/c1-19-15-20(2)17-22(16-19)9-14-27(31(38)39)36-30(37)26-13-12-24-25(5-4-6-28(24)40-3)29(26)41-18-21-7-10-23(11-8-21)32(33,34)35/h4-8,10-13,20,22,27H,1,9,14-18H2,2-3H3,(H,36,37)(H,38,39)/t20?,22?,27-/m0/s1. The number of carboxylic acids is 1. The van der Waals surface area contributed by atoms with Gasteiger partial charge in [0.05, 0.1) is 18.2 Å². The number of carbonyl (C=O) groups is 2. The summed E-state index contributed by atoms with van der Waals surface area (Å²) in [5, 5.41) is 13.7. The van der Waals surface area contributed by atoms with Gasteiger partial charge in [-0.1, -0.05) is 43.3 Å². The van der Waals surface area contributed by atoms with Crippen molar-refractivity contribution in [1.82, 2.24) is 5.32 Å². The lowest BCUT2D eigenvalue weighted by atomic mass is 9.77. The maximum absolute atomic E-state index is 13.5. The van der Waals surface area contributed by atoms with Gasteiger partial charge in [-0.05, 0) is 79.8 Å². The minimum absolute atomic E-state index is 0.110. The number of ether oxygens (including phenoxy) is 2. The molecule has 6 nitrogen and oxygen atoms in total. The largest absolute Gasteiger partial charge is 0.496 e. The van der Waals surface area contributed by atoms with Gasteiger partial charge < -0.3 is 19.9 Å². The Morgan fingerprint density at radius 2 is 1.80 bits per heavy atom. The average molecular weight is 570 g/mol. The van der Waals surface area contributed by atoms with Gasteiger partial charge in [0.2, 0.25) is 0 Å². The van der Waals surface area contributed by atoms with E-state index < -0.39 is 29.7 Å². The second-order valence-corrected chi connectivity index (χ2v) is 10.8. The van der Waals surface area contributed by atoms with Crippen LogP contribution in [0.3, 0.4) is 0 Å². The maximum Gasteiger partial charge on any atom is 0.416 e. The van der Waals surface area contributed by atoms with Crippen molar-refractivity contribution < 1.29 is 37.3 Å². The van der Waals surface area contributed by atoms with Gasteiger partial charge in [-0.3, -0.25) is 4.79 Å². The lowest BCUT2D eigenvalue weighted by molar-refractivity contribution is -0.139. The van der Waals surface area contributed by atoms with Crippen molar-refractivity contribution in [2.24, 2.45) is 11.8 Å². The Balaban J connectivity index is 1.57. The first-order valence-electron chi connectivity index (χ1n) is 13.5. The Morgan fingerprint density at radius 1 is 1.07 bits per heavy atom. The number of carboxylic acid groups (broad SMARTS) is 1. The Hall–Kier alpha value is -4.01. The van der Waals surface area contributed by atoms with Gasteiger partial charge in [0, 0.05) is 10.8 Å². The number of carbonyl (C=O) groups excluding carboxylic acids is 1. The molecule has 0 saturated heterocycles. The van der Waals surface area contributed by atoms with Crippen LogP contribution < -0.4 is 14.8 Å². The number of amides is 1. The van der Waals surface area contributed by atoms with Crippen LogP contribution in [0.15, 0.2) is 66.7 Å². The summed E-state index contributed by atoms with van der Waals surface area (Å²) in [5.74, 6) is -0.207. The van der Waals surface area contributed by atoms with Crippen LogP contribution in [0.1, 0.15) is 60.5 Å². The Bertz CT molecular complexity index is 1420. The van der Waals surface area contributed by atoms with Crippen LogP contribution >= 0.6 is 0 Å². The molecule has 1 fully saturated rings. The summed E-state index contributed by atoms with van der Waals surface area (Å²) in [6.07, 6.45) is -0.702. The summed E-state index contributed by atoms with van der Waals surface area (Å²) in [7, 11) is 1.51. The molecule has 0 heterocycles. The van der Waals surface area contributed by atoms with Gasteiger partial charge >= 0.3 is 12.1 Å². The van der Waals surface area contributed by atoms with E-state index in [0.717, 1.165) is 31.4 Å². The van der Waals surface area contributed by atoms with Crippen LogP contribution in [0.4, 0.5) is 13.2 Å². The van der Waals surface area contributed by atoms with Crippen molar-refractivity contribution in [3.05, 3.63) is 83.4 Å². The first kappa shape index (κ1) is 30.0. The highest BCUT2D eigenvalue weighted by atomic mass is 19.4. The molecule has 1 aliphatic rings. The fourth-order valence-corrected chi connectivity index (χ4v) is 5.59. The molecule has 0 aromatic heterocycles. The van der Waals surface area contributed by atoms with Crippen molar-refractivity contribution in [2.75, 3.05) is 7.11 Å². The monoisotopic (exact) mass is 569 g/mol. The zero-order valence-corrected chi connectivity index (χ0v) is 23.1. The van der Waals surface area contributed by atoms with Gasteiger partial charge in [-0.2, -0.15) is 13.2 Å². The minimum atomic E-state index is -4.46. The Labute approximate surface area is 237 Å². The van der Waals surface area contributed by atoms with Crippen LogP contribution in [0.5, 0.6) is 11.5 Å². The third-order valence-electron chi connectivity index (χ3n) is 7.52. The van der Waals surface area contributed by atoms with Gasteiger partial charge in [-0.25, -0.2) is 4.79 Å². The molecule has 3 atom stereocenters. The van der Waals surface area contributed by atoms with Crippen LogP contribution in [0.2, 0.25) is 0 Å². The number of fused-ring (bicyclic) bond motifs is 1. The zero-order chi connectivity index (χ0) is 29.7. The molecule has 0 aliphatic heterocycles. The molecule has 0 bridgehead atoms. The second-order valence-electron chi connectivity index (χ2n) is 10.8. The highest BCUT2D eigenvalue weighted by Crippen LogP contribution is 2.37. The van der Waals surface area contributed by atoms with Crippen molar-refractivity contribution >= 4 is 22.6 Å². The molecule has 0 radical (unpaired) electrons. The summed E-state index contributed by atoms with van der Waals surface area (Å²) in [6.45, 7) is 6.16. The molecular weight excluding hydrogens is 535 g/mol. The number of methoxy groups -OCH3 is 1. The molecule has 2 unspecified atom stereocenters. The topological polar surface area (TPSA) is 84.9 Å². The summed E-state index contributed by atoms with van der Waals surface area (Å²) >= 11 is 0. The van der Waals surface area contributed by atoms with E-state index in [9.17, 15) is 27.9 Å². The summed E-state index contributed by atoms with van der Waals surface area (Å²) in [4.78, 5) is 25.6. The van der Waals surface area contributed by atoms with E-state index in [1.54, 1.807) is 24.3 Å². The van der Waals surface area contributed by atoms with Crippen molar-refractivity contribution in [3.63, 3.8) is 0 Å². The number of halogens is 3. The molecule has 3 aromatic rings. The van der Waals surface area contributed by atoms with E-state index in [1.807, 2.05) is 0 Å². The fourth-order valence-electron chi connectivity index (χ4n) is 5.59. The van der Waals surface area contributed by atoms with E-state index in [0.29, 0.717) is 40.3 Å². The van der Waals surface area contributed by atoms with Crippen LogP contribution in [0.25, 0.3) is 10.8 Å². The van der Waals surface area contributed by atoms with E-state index in [-0.39, 0.29) is 24.3 Å². The molecule has 3 aromatic carbocycles. The molecule has 1 amide bonds. The van der Waals surface area contributed by atoms with Crippen molar-refractivity contribution in [2.45, 2.75) is 57.9 Å². The number of hydrogen-bond donors (Lipinski definition) is 2. The molecule has 2 N–H and O–H groups in total. The highest BCUT2D eigenvalue weighted by molar-refractivity contribution is 6.06. The first-order chi connectivity index (χ1) is 19.5. The number of nitrogens with one attached hydrogen (secondary N) is 1. The Kier molecular flexibility index (Phi) is 9.25. The number of alkyl halides is 3. The molecule has 9 heteroatoms. The smallest absolute Gasteiger partial charge is 0.416 e. The van der Waals surface area contributed by atoms with Crippen molar-refractivity contribution in [1.29, 1.82) is 0 Å². The normalized spacial score (nSPS) is 18.1. The number of aliphatic carboxylic acids is 1. The number of benzene rings is 3. The zero-order valence-electron chi connectivity index (χ0n) is 23.1. The second kappa shape index (κ2) is 12.7. The number of rotatable bonds is 10. The van der Waals surface area contributed by atoms with Crippen molar-refractivity contribution in [3.8, 4) is 11.5 Å². The summed E-state index contributed by atoms with van der Waals surface area (Å²) < 4.78 is 50.4. The third-order valence-corrected chi connectivity index (χ3v) is 7.52. The lowest BCUT2D eigenvalue weighted by Gasteiger charge is -2.29. The maximum atomic E-state index is 13.5.